The third-order valence-corrected chi connectivity index (χ3v) is 6.11. The van der Waals surface area contributed by atoms with Gasteiger partial charge in [-0.1, -0.05) is 42.5 Å². The zero-order valence-corrected chi connectivity index (χ0v) is 18.3. The number of amides is 1. The molecule has 4 aromatic rings. The average Bonchev–Trinajstić information content (AvgIpc) is 3.50. The van der Waals surface area contributed by atoms with Gasteiger partial charge in [0.05, 0.1) is 5.69 Å². The van der Waals surface area contributed by atoms with Gasteiger partial charge in [-0.3, -0.25) is 4.79 Å². The Balaban J connectivity index is 1.24. The van der Waals surface area contributed by atoms with Crippen molar-refractivity contribution in [1.29, 1.82) is 0 Å². The number of nitrogens with zero attached hydrogens (tertiary/aromatic N) is 2. The first-order valence-corrected chi connectivity index (χ1v) is 11.1. The van der Waals surface area contributed by atoms with E-state index >= 15 is 0 Å². The molecular formula is C25H21N3O3S. The van der Waals surface area contributed by atoms with Crippen LogP contribution in [-0.4, -0.2) is 24.7 Å². The molecule has 0 aliphatic carbocycles. The summed E-state index contributed by atoms with van der Waals surface area (Å²) >= 11 is 1.62. The number of anilines is 2. The van der Waals surface area contributed by atoms with E-state index in [0.717, 1.165) is 22.9 Å². The van der Waals surface area contributed by atoms with Gasteiger partial charge in [-0.15, -0.1) is 11.3 Å². The van der Waals surface area contributed by atoms with E-state index in [1.807, 2.05) is 49.5 Å². The van der Waals surface area contributed by atoms with E-state index < -0.39 is 0 Å². The summed E-state index contributed by atoms with van der Waals surface area (Å²) in [6.45, 7) is 0.987. The first kappa shape index (κ1) is 20.1. The number of thiazole rings is 1. The molecule has 32 heavy (non-hydrogen) atoms. The molecule has 0 saturated carbocycles. The van der Waals surface area contributed by atoms with E-state index in [1.165, 1.54) is 5.56 Å². The van der Waals surface area contributed by atoms with Crippen LogP contribution in [0.15, 0.2) is 78.2 Å². The molecule has 5 rings (SSSR count). The molecule has 3 aromatic carbocycles. The molecule has 1 aromatic heterocycles. The first-order chi connectivity index (χ1) is 15.7. The van der Waals surface area contributed by atoms with Gasteiger partial charge in [0.2, 0.25) is 6.79 Å². The highest BCUT2D eigenvalue weighted by Crippen LogP contribution is 2.33. The van der Waals surface area contributed by atoms with Crippen LogP contribution >= 0.6 is 11.3 Å². The average molecular weight is 444 g/mol. The van der Waals surface area contributed by atoms with Crippen LogP contribution in [0.3, 0.4) is 0 Å². The number of carbonyl (C=O) groups excluding carboxylic acids is 1. The zero-order valence-electron chi connectivity index (χ0n) is 17.4. The van der Waals surface area contributed by atoms with E-state index in [1.54, 1.807) is 29.5 Å². The number of nitrogens with one attached hydrogen (secondary N) is 1. The minimum Gasteiger partial charge on any atom is -0.454 e. The number of hydrogen-bond acceptors (Lipinski definition) is 6. The van der Waals surface area contributed by atoms with Crippen molar-refractivity contribution in [2.45, 2.75) is 6.54 Å². The maximum atomic E-state index is 12.6. The quantitative estimate of drug-likeness (QED) is 0.431. The lowest BCUT2D eigenvalue weighted by atomic mass is 10.1. The second-order valence-electron chi connectivity index (χ2n) is 7.46. The Kier molecular flexibility index (Phi) is 5.47. The van der Waals surface area contributed by atoms with E-state index in [2.05, 4.69) is 27.7 Å². The number of rotatable bonds is 6. The van der Waals surface area contributed by atoms with Gasteiger partial charge in [-0.2, -0.15) is 0 Å². The number of benzene rings is 3. The predicted octanol–water partition coefficient (Wildman–Crippen LogP) is 5.43. The lowest BCUT2D eigenvalue weighted by Crippen LogP contribution is -2.15. The Hall–Kier alpha value is -3.84. The molecule has 1 aliphatic rings. The minimum atomic E-state index is -0.200. The monoisotopic (exact) mass is 443 g/mol. The van der Waals surface area contributed by atoms with Gasteiger partial charge in [0.1, 0.15) is 0 Å². The van der Waals surface area contributed by atoms with Crippen molar-refractivity contribution in [3.05, 3.63) is 89.3 Å². The molecule has 1 aliphatic heterocycles. The molecule has 0 bridgehead atoms. The van der Waals surface area contributed by atoms with Crippen LogP contribution in [0.1, 0.15) is 15.9 Å². The topological polar surface area (TPSA) is 63.7 Å². The Labute approximate surface area is 190 Å². The summed E-state index contributed by atoms with van der Waals surface area (Å²) in [4.78, 5) is 19.5. The van der Waals surface area contributed by atoms with Gasteiger partial charge in [-0.25, -0.2) is 4.98 Å². The fraction of sp³-hybridized carbons (Fsp3) is 0.120. The highest BCUT2D eigenvalue weighted by molar-refractivity contribution is 7.14. The highest BCUT2D eigenvalue weighted by atomic mass is 32.1. The summed E-state index contributed by atoms with van der Waals surface area (Å²) in [5.41, 5.74) is 4.39. The standard InChI is InChI=1S/C25H21N3O3S/c1-28(14-17-5-3-2-4-6-17)25-27-21(15-32-25)18-7-10-20(11-8-18)26-24(29)19-9-12-22-23(13-19)31-16-30-22/h2-13,15H,14,16H2,1H3,(H,26,29). The summed E-state index contributed by atoms with van der Waals surface area (Å²) in [5, 5.41) is 5.93. The van der Waals surface area contributed by atoms with Crippen molar-refractivity contribution in [2.24, 2.45) is 0 Å². The first-order valence-electron chi connectivity index (χ1n) is 10.2. The Morgan fingerprint density at radius 2 is 1.81 bits per heavy atom. The Bertz CT molecular complexity index is 1240. The van der Waals surface area contributed by atoms with Gasteiger partial charge in [0.25, 0.3) is 5.91 Å². The van der Waals surface area contributed by atoms with Crippen molar-refractivity contribution in [2.75, 3.05) is 24.1 Å². The molecule has 7 heteroatoms. The van der Waals surface area contributed by atoms with Crippen LogP contribution in [0, 0.1) is 0 Å². The van der Waals surface area contributed by atoms with Crippen molar-refractivity contribution in [3.63, 3.8) is 0 Å². The molecule has 6 nitrogen and oxygen atoms in total. The summed E-state index contributed by atoms with van der Waals surface area (Å²) < 4.78 is 10.6. The normalized spacial score (nSPS) is 11.9. The van der Waals surface area contributed by atoms with E-state index in [9.17, 15) is 4.79 Å². The fourth-order valence-corrected chi connectivity index (χ4v) is 4.26. The molecule has 0 unspecified atom stereocenters. The molecular weight excluding hydrogens is 422 g/mol. The molecule has 0 spiro atoms. The lowest BCUT2D eigenvalue weighted by molar-refractivity contribution is 0.102. The van der Waals surface area contributed by atoms with Crippen LogP contribution in [0.25, 0.3) is 11.3 Å². The molecule has 1 N–H and O–H groups in total. The maximum Gasteiger partial charge on any atom is 0.255 e. The van der Waals surface area contributed by atoms with Gasteiger partial charge in [-0.05, 0) is 35.9 Å². The number of aromatic nitrogens is 1. The van der Waals surface area contributed by atoms with Crippen LogP contribution in [0.4, 0.5) is 10.8 Å². The Morgan fingerprint density at radius 1 is 1.03 bits per heavy atom. The third kappa shape index (κ3) is 4.29. The van der Waals surface area contributed by atoms with Crippen molar-refractivity contribution >= 4 is 28.1 Å². The second kappa shape index (κ2) is 8.72. The lowest BCUT2D eigenvalue weighted by Gasteiger charge is -2.15. The van der Waals surface area contributed by atoms with Crippen LogP contribution in [-0.2, 0) is 6.54 Å². The van der Waals surface area contributed by atoms with Gasteiger partial charge in [0.15, 0.2) is 16.6 Å². The number of ether oxygens (including phenoxy) is 2. The van der Waals surface area contributed by atoms with Crippen LogP contribution in [0.2, 0.25) is 0 Å². The molecule has 0 fully saturated rings. The summed E-state index contributed by atoms with van der Waals surface area (Å²) in [6.07, 6.45) is 0. The highest BCUT2D eigenvalue weighted by Gasteiger charge is 2.16. The van der Waals surface area contributed by atoms with Gasteiger partial charge >= 0.3 is 0 Å². The van der Waals surface area contributed by atoms with E-state index in [-0.39, 0.29) is 12.7 Å². The molecule has 0 radical (unpaired) electrons. The molecule has 0 atom stereocenters. The van der Waals surface area contributed by atoms with Crippen LogP contribution < -0.4 is 19.7 Å². The molecule has 0 saturated heterocycles. The molecule has 160 valence electrons. The number of fused-ring (bicyclic) bond motifs is 1. The third-order valence-electron chi connectivity index (χ3n) is 5.15. The summed E-state index contributed by atoms with van der Waals surface area (Å²) in [7, 11) is 2.05. The molecule has 2 heterocycles. The Morgan fingerprint density at radius 3 is 2.62 bits per heavy atom. The molecule has 1 amide bonds. The SMILES string of the molecule is CN(Cc1ccccc1)c1nc(-c2ccc(NC(=O)c3ccc4c(c3)OCO4)cc2)cs1. The maximum absolute atomic E-state index is 12.6. The van der Waals surface area contributed by atoms with E-state index in [0.29, 0.717) is 22.7 Å². The van der Waals surface area contributed by atoms with E-state index in [4.69, 9.17) is 14.5 Å². The van der Waals surface area contributed by atoms with Crippen molar-refractivity contribution in [1.82, 2.24) is 4.98 Å². The van der Waals surface area contributed by atoms with Crippen molar-refractivity contribution in [3.8, 4) is 22.8 Å². The predicted molar refractivity (Wildman–Crippen MR) is 127 cm³/mol. The fourth-order valence-electron chi connectivity index (χ4n) is 3.46. The largest absolute Gasteiger partial charge is 0.454 e. The van der Waals surface area contributed by atoms with Crippen LogP contribution in [0.5, 0.6) is 11.5 Å². The van der Waals surface area contributed by atoms with Gasteiger partial charge in [0, 0.05) is 35.8 Å². The number of hydrogen-bond donors (Lipinski definition) is 1. The number of carbonyl (C=O) groups is 1. The van der Waals surface area contributed by atoms with Gasteiger partial charge < -0.3 is 19.7 Å². The minimum absolute atomic E-state index is 0.183. The summed E-state index contributed by atoms with van der Waals surface area (Å²) in [6, 6.07) is 23.2. The second-order valence-corrected chi connectivity index (χ2v) is 8.29. The summed E-state index contributed by atoms with van der Waals surface area (Å²) in [5.74, 6) is 1.04. The smallest absolute Gasteiger partial charge is 0.255 e. The van der Waals surface area contributed by atoms with Crippen molar-refractivity contribution < 1.29 is 14.3 Å². The zero-order chi connectivity index (χ0) is 21.9.